The SMILES string of the molecule is CCCCCCC#CS(=O)c1ccc(C)cc1. The minimum absolute atomic E-state index is 0.802. The smallest absolute Gasteiger partial charge is 0.130 e. The van der Waals surface area contributed by atoms with Gasteiger partial charge in [-0.15, -0.1) is 0 Å². The monoisotopic (exact) mass is 248 g/mol. The van der Waals surface area contributed by atoms with E-state index in [1.165, 1.54) is 24.8 Å². The summed E-state index contributed by atoms with van der Waals surface area (Å²) in [4.78, 5) is 0.802. The molecule has 17 heavy (non-hydrogen) atoms. The average Bonchev–Trinajstić information content (AvgIpc) is 2.34. The molecule has 0 aliphatic carbocycles. The fourth-order valence-electron chi connectivity index (χ4n) is 1.48. The van der Waals surface area contributed by atoms with Crippen molar-refractivity contribution in [2.75, 3.05) is 0 Å². The summed E-state index contributed by atoms with van der Waals surface area (Å²) >= 11 is 0. The van der Waals surface area contributed by atoms with Crippen molar-refractivity contribution in [2.24, 2.45) is 0 Å². The van der Waals surface area contributed by atoms with Crippen LogP contribution in [0.4, 0.5) is 0 Å². The first-order valence-electron chi connectivity index (χ1n) is 6.21. The molecule has 0 aromatic heterocycles. The van der Waals surface area contributed by atoms with Crippen molar-refractivity contribution in [3.8, 4) is 11.2 Å². The third kappa shape index (κ3) is 5.70. The van der Waals surface area contributed by atoms with Gasteiger partial charge < -0.3 is 0 Å². The molecule has 0 radical (unpaired) electrons. The molecular formula is C15H20OS. The van der Waals surface area contributed by atoms with Crippen LogP contribution in [0.3, 0.4) is 0 Å². The number of rotatable bonds is 5. The molecule has 0 saturated carbocycles. The lowest BCUT2D eigenvalue weighted by Gasteiger charge is -1.95. The number of aryl methyl sites for hydroxylation is 1. The first-order valence-corrected chi connectivity index (χ1v) is 7.36. The Kier molecular flexibility index (Phi) is 6.65. The van der Waals surface area contributed by atoms with E-state index in [0.717, 1.165) is 17.7 Å². The van der Waals surface area contributed by atoms with Gasteiger partial charge in [-0.05, 0) is 25.5 Å². The van der Waals surface area contributed by atoms with E-state index in [1.54, 1.807) is 0 Å². The summed E-state index contributed by atoms with van der Waals surface area (Å²) in [7, 11) is -1.16. The van der Waals surface area contributed by atoms with Crippen molar-refractivity contribution in [1.82, 2.24) is 0 Å². The Bertz CT molecular complexity index is 409. The van der Waals surface area contributed by atoms with E-state index in [-0.39, 0.29) is 0 Å². The fraction of sp³-hybridized carbons (Fsp3) is 0.467. The molecule has 0 bridgehead atoms. The Morgan fingerprint density at radius 2 is 1.82 bits per heavy atom. The highest BCUT2D eigenvalue weighted by atomic mass is 32.2. The van der Waals surface area contributed by atoms with E-state index in [0.29, 0.717) is 0 Å². The number of benzene rings is 1. The van der Waals surface area contributed by atoms with Crippen LogP contribution < -0.4 is 0 Å². The van der Waals surface area contributed by atoms with E-state index < -0.39 is 10.8 Å². The lowest BCUT2D eigenvalue weighted by molar-refractivity contribution is 0.679. The van der Waals surface area contributed by atoms with Crippen molar-refractivity contribution in [3.63, 3.8) is 0 Å². The van der Waals surface area contributed by atoms with Crippen LogP contribution in [0.5, 0.6) is 0 Å². The van der Waals surface area contributed by atoms with Crippen molar-refractivity contribution in [3.05, 3.63) is 29.8 Å². The standard InChI is InChI=1S/C15H20OS/c1-3-4-5-6-7-8-13-17(16)15-11-9-14(2)10-12-15/h9-12H,3-7H2,1-2H3. The Hall–Kier alpha value is -1.07. The maximum atomic E-state index is 11.8. The lowest BCUT2D eigenvalue weighted by Crippen LogP contribution is -1.86. The summed E-state index contributed by atoms with van der Waals surface area (Å²) in [6, 6.07) is 7.71. The maximum Gasteiger partial charge on any atom is 0.130 e. The second-order valence-electron chi connectivity index (χ2n) is 4.17. The van der Waals surface area contributed by atoms with E-state index in [1.807, 2.05) is 31.2 Å². The molecule has 0 saturated heterocycles. The Morgan fingerprint density at radius 3 is 2.47 bits per heavy atom. The van der Waals surface area contributed by atoms with Crippen molar-refractivity contribution in [2.45, 2.75) is 50.8 Å². The first kappa shape index (κ1) is 14.0. The van der Waals surface area contributed by atoms with Crippen LogP contribution in [0.15, 0.2) is 29.2 Å². The van der Waals surface area contributed by atoms with Gasteiger partial charge in [-0.2, -0.15) is 0 Å². The summed E-state index contributed by atoms with van der Waals surface area (Å²) in [6.07, 6.45) is 5.71. The Morgan fingerprint density at radius 1 is 1.12 bits per heavy atom. The van der Waals surface area contributed by atoms with Crippen LogP contribution in [0.25, 0.3) is 0 Å². The summed E-state index contributed by atoms with van der Waals surface area (Å²) in [5, 5.41) is 2.82. The van der Waals surface area contributed by atoms with Crippen LogP contribution in [0.1, 0.15) is 44.6 Å². The molecule has 2 heteroatoms. The highest BCUT2D eigenvalue weighted by Gasteiger charge is 1.98. The molecule has 0 amide bonds. The summed E-state index contributed by atoms with van der Waals surface area (Å²) < 4.78 is 11.8. The number of unbranched alkanes of at least 4 members (excludes halogenated alkanes) is 4. The van der Waals surface area contributed by atoms with Gasteiger partial charge in [-0.1, -0.05) is 49.8 Å². The van der Waals surface area contributed by atoms with E-state index in [4.69, 9.17) is 0 Å². The van der Waals surface area contributed by atoms with Crippen LogP contribution in [0.2, 0.25) is 0 Å². The summed E-state index contributed by atoms with van der Waals surface area (Å²) in [5.74, 6) is 3.01. The molecule has 0 aliphatic heterocycles. The third-order valence-electron chi connectivity index (χ3n) is 2.56. The molecule has 1 aromatic rings. The fourth-order valence-corrected chi connectivity index (χ4v) is 2.21. The molecule has 1 rings (SSSR count). The molecule has 92 valence electrons. The van der Waals surface area contributed by atoms with E-state index in [9.17, 15) is 4.21 Å². The molecule has 1 nitrogen and oxygen atoms in total. The molecule has 1 unspecified atom stereocenters. The molecule has 1 aromatic carbocycles. The van der Waals surface area contributed by atoms with Gasteiger partial charge in [0.2, 0.25) is 0 Å². The van der Waals surface area contributed by atoms with E-state index in [2.05, 4.69) is 18.1 Å². The molecule has 1 atom stereocenters. The first-order chi connectivity index (χ1) is 8.24. The van der Waals surface area contributed by atoms with Crippen molar-refractivity contribution >= 4 is 10.8 Å². The average molecular weight is 248 g/mol. The quantitative estimate of drug-likeness (QED) is 0.568. The Labute approximate surface area is 107 Å². The number of hydrogen-bond donors (Lipinski definition) is 0. The lowest BCUT2D eigenvalue weighted by atomic mass is 10.2. The van der Waals surface area contributed by atoms with Gasteiger partial charge in [0, 0.05) is 11.7 Å². The molecule has 0 aliphatic rings. The zero-order valence-corrected chi connectivity index (χ0v) is 11.5. The predicted octanol–water partition coefficient (Wildman–Crippen LogP) is 4.03. The molecular weight excluding hydrogens is 228 g/mol. The highest BCUT2D eigenvalue weighted by molar-refractivity contribution is 7.89. The van der Waals surface area contributed by atoms with Gasteiger partial charge in [-0.3, -0.25) is 0 Å². The number of hydrogen-bond acceptors (Lipinski definition) is 1. The van der Waals surface area contributed by atoms with Crippen LogP contribution in [0, 0.1) is 18.1 Å². The summed E-state index contributed by atoms with van der Waals surface area (Å²) in [5.41, 5.74) is 1.18. The second kappa shape index (κ2) is 8.08. The van der Waals surface area contributed by atoms with Gasteiger partial charge in [0.1, 0.15) is 10.8 Å². The minimum atomic E-state index is -1.16. The van der Waals surface area contributed by atoms with Gasteiger partial charge in [-0.25, -0.2) is 4.21 Å². The third-order valence-corrected chi connectivity index (χ3v) is 3.59. The van der Waals surface area contributed by atoms with Crippen LogP contribution in [-0.2, 0) is 10.8 Å². The Balaban J connectivity index is 2.39. The topological polar surface area (TPSA) is 17.1 Å². The van der Waals surface area contributed by atoms with Crippen molar-refractivity contribution in [1.29, 1.82) is 0 Å². The van der Waals surface area contributed by atoms with Gasteiger partial charge in [0.05, 0.1) is 4.90 Å². The second-order valence-corrected chi connectivity index (χ2v) is 5.38. The predicted molar refractivity (Wildman–Crippen MR) is 74.1 cm³/mol. The van der Waals surface area contributed by atoms with E-state index >= 15 is 0 Å². The molecule has 0 N–H and O–H groups in total. The molecule has 0 spiro atoms. The van der Waals surface area contributed by atoms with Gasteiger partial charge >= 0.3 is 0 Å². The summed E-state index contributed by atoms with van der Waals surface area (Å²) in [6.45, 7) is 4.21. The molecule has 0 heterocycles. The van der Waals surface area contributed by atoms with Crippen molar-refractivity contribution < 1.29 is 4.21 Å². The zero-order chi connectivity index (χ0) is 12.5. The van der Waals surface area contributed by atoms with Crippen LogP contribution in [-0.4, -0.2) is 4.21 Å². The van der Waals surface area contributed by atoms with Crippen LogP contribution >= 0.6 is 0 Å². The maximum absolute atomic E-state index is 11.8. The minimum Gasteiger partial charge on any atom is -0.240 e. The highest BCUT2D eigenvalue weighted by Crippen LogP contribution is 2.07. The van der Waals surface area contributed by atoms with Gasteiger partial charge in [0.15, 0.2) is 0 Å². The molecule has 0 fully saturated rings. The largest absolute Gasteiger partial charge is 0.240 e. The normalized spacial score (nSPS) is 11.6. The zero-order valence-electron chi connectivity index (χ0n) is 10.7. The van der Waals surface area contributed by atoms with Gasteiger partial charge in [0.25, 0.3) is 0 Å².